The Morgan fingerprint density at radius 1 is 1.36 bits per heavy atom. The predicted octanol–water partition coefficient (Wildman–Crippen LogP) is -8.52. The average molecular weight is 251 g/mol. The summed E-state index contributed by atoms with van der Waals surface area (Å²) in [5.41, 5.74) is 0. The van der Waals surface area contributed by atoms with Gasteiger partial charge in [-0.3, -0.25) is 0 Å². The van der Waals surface area contributed by atoms with Crippen molar-refractivity contribution in [1.82, 2.24) is 9.66 Å². The minimum absolute atomic E-state index is 0. The molecule has 66 valence electrons. The molecule has 10 heteroatoms. The van der Waals surface area contributed by atoms with Crippen LogP contribution in [0.5, 0.6) is 0 Å². The predicted molar refractivity (Wildman–Crippen MR) is 30.0 cm³/mol. The van der Waals surface area contributed by atoms with E-state index in [2.05, 4.69) is 4.98 Å². The topological polar surface area (TPSA) is 124 Å². The van der Waals surface area contributed by atoms with Crippen molar-refractivity contribution in [3.8, 4) is 0 Å². The number of nitro groups is 1. The zero-order chi connectivity index (χ0) is 9.56. The SMILES string of the molecule is O=C([O-])[O-].O=[N+]([O-])n1ccnc1.[K+].[K+]. The number of carbonyl (C=O) groups is 1. The van der Waals surface area contributed by atoms with E-state index in [1.165, 1.54) is 12.4 Å². The fourth-order valence-corrected chi connectivity index (χ4v) is 0.349. The molecule has 0 bridgehead atoms. The molecule has 0 amide bonds. The maximum atomic E-state index is 9.79. The van der Waals surface area contributed by atoms with Gasteiger partial charge in [-0.25, -0.2) is 15.1 Å². The Hall–Kier alpha value is 1.15. The molecular formula is C4H3K2N3O5. The van der Waals surface area contributed by atoms with Crippen LogP contribution in [0.3, 0.4) is 0 Å². The van der Waals surface area contributed by atoms with E-state index in [1.807, 2.05) is 0 Å². The smallest absolute Gasteiger partial charge is 0.652 e. The van der Waals surface area contributed by atoms with E-state index in [4.69, 9.17) is 15.0 Å². The summed E-state index contributed by atoms with van der Waals surface area (Å²) in [6.07, 6.45) is 1.41. The molecule has 0 saturated carbocycles. The summed E-state index contributed by atoms with van der Waals surface area (Å²) in [5.74, 6) is 0. The van der Waals surface area contributed by atoms with Crippen molar-refractivity contribution in [3.63, 3.8) is 0 Å². The minimum atomic E-state index is -2.33. The van der Waals surface area contributed by atoms with E-state index in [-0.39, 0.29) is 103 Å². The van der Waals surface area contributed by atoms with Crippen LogP contribution in [0.1, 0.15) is 0 Å². The maximum Gasteiger partial charge on any atom is 1.00 e. The zero-order valence-electron chi connectivity index (χ0n) is 7.61. The second-order valence-electron chi connectivity index (χ2n) is 1.43. The third-order valence-electron chi connectivity index (χ3n) is 0.679. The molecule has 1 aromatic heterocycles. The normalized spacial score (nSPS) is 6.86. The number of carbonyl (C=O) groups excluding carboxylic acids is 1. The van der Waals surface area contributed by atoms with E-state index >= 15 is 0 Å². The second-order valence-corrected chi connectivity index (χ2v) is 1.43. The van der Waals surface area contributed by atoms with E-state index in [0.29, 0.717) is 0 Å². The number of rotatable bonds is 1. The van der Waals surface area contributed by atoms with Crippen LogP contribution in [0, 0.1) is 10.1 Å². The average Bonchev–Trinajstić information content (AvgIpc) is 2.34. The molecule has 0 aliphatic carbocycles. The summed E-state index contributed by atoms with van der Waals surface area (Å²) in [6.45, 7) is 0. The van der Waals surface area contributed by atoms with Gasteiger partial charge in [-0.2, -0.15) is 0 Å². The monoisotopic (exact) mass is 251 g/mol. The van der Waals surface area contributed by atoms with Gasteiger partial charge in [0.1, 0.15) is 0 Å². The molecule has 0 unspecified atom stereocenters. The minimum Gasteiger partial charge on any atom is -0.652 e. The van der Waals surface area contributed by atoms with Crippen LogP contribution in [-0.4, -0.2) is 20.8 Å². The Kier molecular flexibility index (Phi) is 17.9. The van der Waals surface area contributed by atoms with Gasteiger partial charge in [0.05, 0.1) is 12.4 Å². The molecule has 8 nitrogen and oxygen atoms in total. The largest absolute Gasteiger partial charge is 1.00 e. The fraction of sp³-hybridized carbons (Fsp3) is 0. The Morgan fingerprint density at radius 3 is 1.93 bits per heavy atom. The van der Waals surface area contributed by atoms with Gasteiger partial charge in [-0.15, -0.1) is 0 Å². The van der Waals surface area contributed by atoms with Crippen LogP contribution >= 0.6 is 0 Å². The molecule has 0 spiro atoms. The van der Waals surface area contributed by atoms with Crippen molar-refractivity contribution in [3.05, 3.63) is 28.8 Å². The van der Waals surface area contributed by atoms with Crippen LogP contribution < -0.4 is 113 Å². The van der Waals surface area contributed by atoms with Gasteiger partial charge < -0.3 is 15.0 Å². The maximum absolute atomic E-state index is 9.79. The van der Waals surface area contributed by atoms with Gasteiger partial charge in [-0.1, -0.05) is 4.68 Å². The molecule has 1 heterocycles. The van der Waals surface area contributed by atoms with Crippen molar-refractivity contribution in [1.29, 1.82) is 0 Å². The first-order chi connectivity index (χ1) is 5.54. The first kappa shape index (κ1) is 20.6. The third-order valence-corrected chi connectivity index (χ3v) is 0.679. The third kappa shape index (κ3) is 13.2. The van der Waals surface area contributed by atoms with Gasteiger partial charge >= 0.3 is 103 Å². The van der Waals surface area contributed by atoms with Crippen molar-refractivity contribution in [2.45, 2.75) is 0 Å². The van der Waals surface area contributed by atoms with E-state index < -0.39 is 11.2 Å². The number of imidazole rings is 1. The second kappa shape index (κ2) is 12.2. The van der Waals surface area contributed by atoms with Crippen LogP contribution in [0.25, 0.3) is 0 Å². The van der Waals surface area contributed by atoms with Crippen molar-refractivity contribution in [2.75, 3.05) is 0 Å². The molecule has 0 fully saturated rings. The van der Waals surface area contributed by atoms with E-state index in [1.54, 1.807) is 0 Å². The Balaban J connectivity index is -0.000000180. The molecule has 1 rings (SSSR count). The summed E-state index contributed by atoms with van der Waals surface area (Å²) in [4.78, 5) is 21.6. The Morgan fingerprint density at radius 2 is 1.79 bits per heavy atom. The van der Waals surface area contributed by atoms with Gasteiger partial charge in [0.2, 0.25) is 0 Å². The van der Waals surface area contributed by atoms with Gasteiger partial charge in [0, 0.05) is 0 Å². The number of carboxylic acid groups (broad SMARTS) is 2. The molecule has 0 radical (unpaired) electrons. The van der Waals surface area contributed by atoms with E-state index in [9.17, 15) is 10.1 Å². The summed E-state index contributed by atoms with van der Waals surface area (Å²) < 4.78 is 0.778. The molecule has 0 N–H and O–H groups in total. The van der Waals surface area contributed by atoms with Crippen LogP contribution in [0.15, 0.2) is 18.7 Å². The van der Waals surface area contributed by atoms with Crippen molar-refractivity contribution in [2.24, 2.45) is 0 Å². The molecule has 0 aliphatic rings. The first-order valence-corrected chi connectivity index (χ1v) is 2.54. The van der Waals surface area contributed by atoms with E-state index in [0.717, 1.165) is 11.0 Å². The molecule has 0 aromatic carbocycles. The number of nitrogens with zero attached hydrogens (tertiary/aromatic N) is 3. The van der Waals surface area contributed by atoms with Crippen molar-refractivity contribution >= 4 is 6.16 Å². The van der Waals surface area contributed by atoms with Crippen LogP contribution in [-0.2, 0) is 0 Å². The molecule has 0 saturated heterocycles. The number of hydrogen-bond donors (Lipinski definition) is 0. The quantitative estimate of drug-likeness (QED) is 0.277. The molecule has 0 atom stereocenters. The standard InChI is InChI=1S/C3H3N3O2.CH2O3.2K/c7-6(8)5-2-1-4-3-5;2-1(3)4;;/h1-3H;(H2,2,3,4);;/q;;2*+1/p-2. The molecule has 0 aliphatic heterocycles. The van der Waals surface area contributed by atoms with Crippen LogP contribution in [0.4, 0.5) is 4.79 Å². The number of hydrogen-bond acceptors (Lipinski definition) is 6. The fourth-order valence-electron chi connectivity index (χ4n) is 0.349. The van der Waals surface area contributed by atoms with Crippen molar-refractivity contribution < 1.29 is 123 Å². The summed E-state index contributed by atoms with van der Waals surface area (Å²) >= 11 is 0. The Bertz CT molecular complexity index is 260. The van der Waals surface area contributed by atoms with Gasteiger partial charge in [0.15, 0.2) is 11.4 Å². The van der Waals surface area contributed by atoms with Crippen LogP contribution in [0.2, 0.25) is 0 Å². The Labute approximate surface area is 164 Å². The molecular weight excluding hydrogens is 248 g/mol. The van der Waals surface area contributed by atoms with Gasteiger partial charge in [0.25, 0.3) is 0 Å². The summed E-state index contributed by atoms with van der Waals surface area (Å²) in [5, 5.41) is 25.9. The first-order valence-electron chi connectivity index (χ1n) is 2.54. The van der Waals surface area contributed by atoms with Gasteiger partial charge in [-0.05, 0) is 6.16 Å². The summed E-state index contributed by atoms with van der Waals surface area (Å²) in [7, 11) is 0. The number of aromatic nitrogens is 2. The molecule has 14 heavy (non-hydrogen) atoms. The zero-order valence-corrected chi connectivity index (χ0v) is 13.9. The molecule has 1 aromatic rings. The summed E-state index contributed by atoms with van der Waals surface area (Å²) in [6, 6.07) is 0.